The molecule has 4 aromatic rings. The summed E-state index contributed by atoms with van der Waals surface area (Å²) in [5.74, 6) is -1.13. The maximum Gasteiger partial charge on any atom is 0.325 e. The molecule has 3 aromatic carbocycles. The molecule has 264 valence electrons. The summed E-state index contributed by atoms with van der Waals surface area (Å²) in [6.45, 7) is 5.47. The molecule has 6 rings (SSSR count). The summed E-state index contributed by atoms with van der Waals surface area (Å²) in [4.78, 5) is 27.9. The number of aliphatic hydroxyl groups is 1. The molecule has 2 atom stereocenters. The Hall–Kier alpha value is -4.00. The van der Waals surface area contributed by atoms with E-state index in [0.29, 0.717) is 39.5 Å². The second-order valence-corrected chi connectivity index (χ2v) is 13.9. The Morgan fingerprint density at radius 3 is 2.44 bits per heavy atom. The van der Waals surface area contributed by atoms with Crippen molar-refractivity contribution in [1.29, 1.82) is 0 Å². The van der Waals surface area contributed by atoms with Gasteiger partial charge in [-0.25, -0.2) is 4.39 Å². The summed E-state index contributed by atoms with van der Waals surface area (Å²) in [6, 6.07) is 15.6. The number of rotatable bonds is 10. The van der Waals surface area contributed by atoms with Crippen molar-refractivity contribution in [2.45, 2.75) is 63.9 Å². The van der Waals surface area contributed by atoms with Crippen molar-refractivity contribution < 1.29 is 28.6 Å². The van der Waals surface area contributed by atoms with Crippen LogP contribution in [0.4, 0.5) is 10.1 Å². The van der Waals surface area contributed by atoms with Crippen LogP contribution >= 0.6 is 23.2 Å². The summed E-state index contributed by atoms with van der Waals surface area (Å²) >= 11 is 13.9. The minimum absolute atomic E-state index is 0.0179. The average molecular weight is 725 g/mol. The van der Waals surface area contributed by atoms with Gasteiger partial charge in [-0.05, 0) is 62.9 Å². The van der Waals surface area contributed by atoms with E-state index in [1.54, 1.807) is 56.3 Å². The number of anilines is 1. The summed E-state index contributed by atoms with van der Waals surface area (Å²) in [5, 5.41) is 21.2. The average Bonchev–Trinajstić information content (AvgIpc) is 3.74. The van der Waals surface area contributed by atoms with Gasteiger partial charge in [0.05, 0.1) is 47.8 Å². The number of nitrogens with zero attached hydrogens (tertiary/aromatic N) is 3. The number of β-amino-alcohol motifs (C(OH)–C–C–N with tert-alkyl or cyclic N) is 1. The molecule has 50 heavy (non-hydrogen) atoms. The Kier molecular flexibility index (Phi) is 10.5. The molecule has 10 nitrogen and oxygen atoms in total. The van der Waals surface area contributed by atoms with Crippen molar-refractivity contribution in [2.24, 2.45) is 0 Å². The monoisotopic (exact) mass is 723 g/mol. The minimum Gasteiger partial charge on any atom is -0.496 e. The van der Waals surface area contributed by atoms with E-state index >= 15 is 4.39 Å². The van der Waals surface area contributed by atoms with Gasteiger partial charge in [0, 0.05) is 48.4 Å². The number of halogens is 3. The van der Waals surface area contributed by atoms with Crippen molar-refractivity contribution >= 4 is 40.8 Å². The topological polar surface area (TPSA) is 118 Å². The fourth-order valence-corrected chi connectivity index (χ4v) is 7.35. The highest BCUT2D eigenvalue weighted by Gasteiger charge is 2.33. The molecule has 0 bridgehead atoms. The third-order valence-electron chi connectivity index (χ3n) is 9.49. The van der Waals surface area contributed by atoms with E-state index in [-0.39, 0.29) is 40.7 Å². The van der Waals surface area contributed by atoms with Gasteiger partial charge in [0.25, 0.3) is 5.91 Å². The molecule has 2 aliphatic rings. The van der Waals surface area contributed by atoms with Gasteiger partial charge in [-0.2, -0.15) is 5.10 Å². The first kappa shape index (κ1) is 35.8. The number of esters is 1. The lowest BCUT2D eigenvalue weighted by Crippen LogP contribution is -2.47. The Labute approximate surface area is 300 Å². The van der Waals surface area contributed by atoms with Crippen LogP contribution in [0, 0.1) is 5.82 Å². The fraction of sp³-hybridized carbons (Fsp3) is 0.378. The van der Waals surface area contributed by atoms with Crippen LogP contribution in [-0.4, -0.2) is 70.6 Å². The molecular weight excluding hydrogens is 684 g/mol. The number of aromatic nitrogens is 2. The molecule has 0 radical (unpaired) electrons. The van der Waals surface area contributed by atoms with Crippen molar-refractivity contribution in [3.8, 4) is 28.0 Å². The highest BCUT2D eigenvalue weighted by molar-refractivity contribution is 6.39. The van der Waals surface area contributed by atoms with Crippen LogP contribution < -0.4 is 15.4 Å². The lowest BCUT2D eigenvalue weighted by molar-refractivity contribution is -0.147. The van der Waals surface area contributed by atoms with Gasteiger partial charge in [-0.15, -0.1) is 0 Å². The lowest BCUT2D eigenvalue weighted by Gasteiger charge is -2.31. The molecule has 0 spiro atoms. The molecule has 1 aromatic heterocycles. The third kappa shape index (κ3) is 7.11. The molecule has 0 saturated carbocycles. The predicted molar refractivity (Wildman–Crippen MR) is 191 cm³/mol. The molecule has 1 fully saturated rings. The highest BCUT2D eigenvalue weighted by atomic mass is 35.5. The second kappa shape index (κ2) is 14.7. The second-order valence-electron chi connectivity index (χ2n) is 13.2. The van der Waals surface area contributed by atoms with E-state index in [2.05, 4.69) is 20.6 Å². The number of hydrogen-bond donors (Lipinski definition) is 3. The van der Waals surface area contributed by atoms with E-state index in [4.69, 9.17) is 32.7 Å². The summed E-state index contributed by atoms with van der Waals surface area (Å²) in [5.41, 5.74) is 3.04. The van der Waals surface area contributed by atoms with Crippen molar-refractivity contribution in [3.63, 3.8) is 0 Å². The van der Waals surface area contributed by atoms with Crippen LogP contribution in [0.5, 0.6) is 5.75 Å². The highest BCUT2D eigenvalue weighted by Crippen LogP contribution is 2.43. The van der Waals surface area contributed by atoms with E-state index in [0.717, 1.165) is 38.0 Å². The lowest BCUT2D eigenvalue weighted by atomic mass is 9.96. The first-order valence-electron chi connectivity index (χ1n) is 16.5. The first-order valence-corrected chi connectivity index (χ1v) is 17.3. The van der Waals surface area contributed by atoms with Crippen LogP contribution in [0.25, 0.3) is 22.3 Å². The standard InChI is InChI=1S/C37H40Cl2FN5O5/c1-37(2,36(48)50-4)41-19-26-27(40)16-21(17-32(26)49-3)23-8-5-9-24(33(23)38)25-10-6-11-28(34(25)39)42-35(47)29-18-31-30(12-7-14-45(31)43-29)44-15-13-22(46)20-44/h5-6,8-11,16-18,22,30,41,46H,7,12-15,19-20H2,1-4H3,(H,42,47)/t22-,30?/m1/s1. The number of methoxy groups -OCH3 is 2. The number of aliphatic hydroxyl groups excluding tert-OH is 1. The third-order valence-corrected chi connectivity index (χ3v) is 10.3. The smallest absolute Gasteiger partial charge is 0.325 e. The van der Waals surface area contributed by atoms with Gasteiger partial charge in [-0.3, -0.25) is 24.5 Å². The number of likely N-dealkylation sites (tertiary alicyclic amines) is 1. The first-order chi connectivity index (χ1) is 23.9. The number of carbonyl (C=O) groups is 2. The fourth-order valence-electron chi connectivity index (χ4n) is 6.74. The molecule has 3 N–H and O–H groups in total. The van der Waals surface area contributed by atoms with Gasteiger partial charge < -0.3 is 19.9 Å². The molecule has 1 amide bonds. The Bertz CT molecular complexity index is 1930. The van der Waals surface area contributed by atoms with Gasteiger partial charge in [0.15, 0.2) is 5.69 Å². The molecule has 3 heterocycles. The van der Waals surface area contributed by atoms with Crippen molar-refractivity contribution in [1.82, 2.24) is 20.0 Å². The Morgan fingerprint density at radius 2 is 1.74 bits per heavy atom. The molecular formula is C37H40Cl2FN5O5. The summed E-state index contributed by atoms with van der Waals surface area (Å²) in [6.07, 6.45) is 2.30. The maximum absolute atomic E-state index is 15.6. The Balaban J connectivity index is 1.25. The molecule has 2 aliphatic heterocycles. The molecule has 0 aliphatic carbocycles. The Morgan fingerprint density at radius 1 is 1.02 bits per heavy atom. The number of amides is 1. The quantitative estimate of drug-likeness (QED) is 0.152. The number of fused-ring (bicyclic) bond motifs is 1. The summed E-state index contributed by atoms with van der Waals surface area (Å²) in [7, 11) is 2.74. The summed E-state index contributed by atoms with van der Waals surface area (Å²) < 4.78 is 27.9. The van der Waals surface area contributed by atoms with Crippen molar-refractivity contribution in [2.75, 3.05) is 32.6 Å². The van der Waals surface area contributed by atoms with Gasteiger partial charge in [0.1, 0.15) is 17.1 Å². The van der Waals surface area contributed by atoms with E-state index < -0.39 is 23.2 Å². The number of carbonyl (C=O) groups excluding carboxylic acids is 2. The van der Waals surface area contributed by atoms with E-state index in [1.807, 2.05) is 10.7 Å². The van der Waals surface area contributed by atoms with E-state index in [1.165, 1.54) is 20.3 Å². The van der Waals surface area contributed by atoms with Crippen LogP contribution in [0.3, 0.4) is 0 Å². The van der Waals surface area contributed by atoms with Gasteiger partial charge in [0.2, 0.25) is 0 Å². The number of benzene rings is 3. The largest absolute Gasteiger partial charge is 0.496 e. The van der Waals surface area contributed by atoms with Crippen LogP contribution in [-0.2, 0) is 22.6 Å². The van der Waals surface area contributed by atoms with E-state index in [9.17, 15) is 14.7 Å². The molecule has 1 saturated heterocycles. The van der Waals surface area contributed by atoms with Crippen LogP contribution in [0.2, 0.25) is 10.0 Å². The number of ether oxygens (including phenoxy) is 2. The molecule has 13 heteroatoms. The maximum atomic E-state index is 15.6. The van der Waals surface area contributed by atoms with Crippen LogP contribution in [0.1, 0.15) is 60.9 Å². The van der Waals surface area contributed by atoms with Crippen LogP contribution in [0.15, 0.2) is 54.6 Å². The zero-order valence-corrected chi connectivity index (χ0v) is 29.9. The predicted octanol–water partition coefficient (Wildman–Crippen LogP) is 6.87. The number of nitrogens with one attached hydrogen (secondary N) is 2. The SMILES string of the molecule is COC(=O)C(C)(C)NCc1c(F)cc(-c2cccc(-c3cccc(NC(=O)c4cc5n(n4)CCCC5N4CC[C@@H](O)C4)c3Cl)c2Cl)cc1OC. The number of aryl methyl sites for hydroxylation is 1. The molecule has 1 unspecified atom stereocenters. The van der Waals surface area contributed by atoms with Gasteiger partial charge >= 0.3 is 5.97 Å². The zero-order valence-electron chi connectivity index (χ0n) is 28.4. The number of hydrogen-bond acceptors (Lipinski definition) is 8. The minimum atomic E-state index is -1.05. The van der Waals surface area contributed by atoms with Crippen molar-refractivity contribution in [3.05, 3.63) is 87.4 Å². The zero-order chi connectivity index (χ0) is 35.7. The van der Waals surface area contributed by atoms with Gasteiger partial charge in [-0.1, -0.05) is 53.5 Å². The normalized spacial score (nSPS) is 17.8.